The van der Waals surface area contributed by atoms with Crippen LogP contribution < -0.4 is 16.8 Å². The van der Waals surface area contributed by atoms with Gasteiger partial charge in [-0.05, 0) is 41.0 Å². The molecule has 0 saturated carbocycles. The van der Waals surface area contributed by atoms with Crippen molar-refractivity contribution in [2.75, 3.05) is 0 Å². The Hall–Kier alpha value is -3.42. The Kier molecular flexibility index (Phi) is 7.23. The summed E-state index contributed by atoms with van der Waals surface area (Å²) < 4.78 is 1.07. The molecule has 0 saturated heterocycles. The molecule has 6 nitrogen and oxygen atoms in total. The third-order valence-electron chi connectivity index (χ3n) is 4.51. The third kappa shape index (κ3) is 5.81. The molecule has 31 heavy (non-hydrogen) atoms. The van der Waals surface area contributed by atoms with Gasteiger partial charge in [0.2, 0.25) is 5.91 Å². The number of fused-ring (bicyclic) bond motifs is 1. The maximum absolute atomic E-state index is 12.4. The second-order valence-electron chi connectivity index (χ2n) is 6.82. The van der Waals surface area contributed by atoms with E-state index in [4.69, 9.17) is 11.5 Å². The molecule has 0 aliphatic carbocycles. The minimum Gasteiger partial charge on any atom is -0.370 e. The van der Waals surface area contributed by atoms with Crippen molar-refractivity contribution in [3.8, 4) is 11.1 Å². The fraction of sp³-hybridized carbons (Fsp3) is 0.0870. The summed E-state index contributed by atoms with van der Waals surface area (Å²) in [6.07, 6.45) is 0.244. The number of nitrogens with two attached hydrogens (primary N) is 2. The first-order valence-corrected chi connectivity index (χ1v) is 10.3. The van der Waals surface area contributed by atoms with Crippen molar-refractivity contribution >= 4 is 51.5 Å². The van der Waals surface area contributed by atoms with Gasteiger partial charge < -0.3 is 16.8 Å². The number of halogens is 1. The molecule has 0 radical (unpaired) electrons. The fourth-order valence-corrected chi connectivity index (χ4v) is 4.15. The smallest absolute Gasteiger partial charge is 0.227 e. The van der Waals surface area contributed by atoms with Crippen LogP contribution in [0.1, 0.15) is 10.6 Å². The predicted molar refractivity (Wildman–Crippen MR) is 130 cm³/mol. The number of carbonyl (C=O) groups excluding carboxylic acids is 1. The molecular formula is C23H22ClN5OS. The molecule has 1 aromatic heterocycles. The van der Waals surface area contributed by atoms with E-state index in [1.165, 1.54) is 0 Å². The van der Waals surface area contributed by atoms with Crippen LogP contribution in [0.3, 0.4) is 0 Å². The normalized spacial score (nSPS) is 10.3. The SMILES string of the molecule is Cl.NC(N)=Nc1cccc(CNC(=O)Cc2nc3ccc(-c4ccccc4)cc3s2)c1. The monoisotopic (exact) mass is 451 g/mol. The Balaban J connectivity index is 0.00000272. The molecule has 8 heteroatoms. The van der Waals surface area contributed by atoms with Gasteiger partial charge in [-0.25, -0.2) is 9.98 Å². The molecule has 0 aliphatic heterocycles. The van der Waals surface area contributed by atoms with Gasteiger partial charge in [0.1, 0.15) is 5.01 Å². The lowest BCUT2D eigenvalue weighted by Gasteiger charge is -2.05. The number of guanidine groups is 1. The van der Waals surface area contributed by atoms with E-state index in [1.54, 1.807) is 17.4 Å². The molecule has 0 atom stereocenters. The van der Waals surface area contributed by atoms with E-state index < -0.39 is 0 Å². The van der Waals surface area contributed by atoms with Crippen LogP contribution in [0.2, 0.25) is 0 Å². The van der Waals surface area contributed by atoms with Gasteiger partial charge in [-0.1, -0.05) is 48.5 Å². The van der Waals surface area contributed by atoms with Gasteiger partial charge in [0, 0.05) is 6.54 Å². The second-order valence-corrected chi connectivity index (χ2v) is 7.93. The number of amides is 1. The number of thiazole rings is 1. The minimum absolute atomic E-state index is 0. The van der Waals surface area contributed by atoms with Gasteiger partial charge in [-0.15, -0.1) is 23.7 Å². The van der Waals surface area contributed by atoms with Crippen LogP contribution in [0.25, 0.3) is 21.3 Å². The van der Waals surface area contributed by atoms with Crippen molar-refractivity contribution in [1.82, 2.24) is 10.3 Å². The van der Waals surface area contributed by atoms with Crippen LogP contribution in [0.15, 0.2) is 77.8 Å². The van der Waals surface area contributed by atoms with Crippen molar-refractivity contribution in [2.45, 2.75) is 13.0 Å². The first kappa shape index (κ1) is 22.3. The largest absolute Gasteiger partial charge is 0.370 e. The van der Waals surface area contributed by atoms with Crippen LogP contribution in [0.5, 0.6) is 0 Å². The number of aromatic nitrogens is 1. The van der Waals surface area contributed by atoms with E-state index in [2.05, 4.69) is 39.6 Å². The van der Waals surface area contributed by atoms with Gasteiger partial charge in [-0.3, -0.25) is 4.79 Å². The number of nitrogens with one attached hydrogen (secondary N) is 1. The second kappa shape index (κ2) is 10.1. The molecule has 0 aliphatic rings. The van der Waals surface area contributed by atoms with E-state index in [1.807, 2.05) is 42.5 Å². The lowest BCUT2D eigenvalue weighted by molar-refractivity contribution is -0.120. The Morgan fingerprint density at radius 2 is 1.77 bits per heavy atom. The maximum Gasteiger partial charge on any atom is 0.227 e. The molecule has 5 N–H and O–H groups in total. The lowest BCUT2D eigenvalue weighted by Crippen LogP contribution is -2.24. The molecule has 0 fully saturated rings. The Morgan fingerprint density at radius 1 is 0.968 bits per heavy atom. The quantitative estimate of drug-likeness (QED) is 0.302. The number of nitrogens with zero attached hydrogens (tertiary/aromatic N) is 2. The Morgan fingerprint density at radius 3 is 2.55 bits per heavy atom. The van der Waals surface area contributed by atoms with Crippen LogP contribution >= 0.6 is 23.7 Å². The summed E-state index contributed by atoms with van der Waals surface area (Å²) >= 11 is 1.55. The van der Waals surface area contributed by atoms with Crippen molar-refractivity contribution in [3.63, 3.8) is 0 Å². The third-order valence-corrected chi connectivity index (χ3v) is 5.53. The summed E-state index contributed by atoms with van der Waals surface area (Å²) in [5.74, 6) is -0.0768. The number of hydrogen-bond donors (Lipinski definition) is 3. The molecular weight excluding hydrogens is 430 g/mol. The zero-order valence-corrected chi connectivity index (χ0v) is 18.2. The molecule has 4 aromatic rings. The van der Waals surface area contributed by atoms with Crippen LogP contribution in [-0.2, 0) is 17.8 Å². The first-order chi connectivity index (χ1) is 14.6. The first-order valence-electron chi connectivity index (χ1n) is 9.47. The summed E-state index contributed by atoms with van der Waals surface area (Å²) in [5, 5.41) is 3.72. The van der Waals surface area contributed by atoms with Crippen LogP contribution in [0, 0.1) is 0 Å². The molecule has 1 amide bonds. The molecule has 0 bridgehead atoms. The van der Waals surface area contributed by atoms with E-state index in [0.29, 0.717) is 12.2 Å². The van der Waals surface area contributed by atoms with Gasteiger partial charge >= 0.3 is 0 Å². The highest BCUT2D eigenvalue weighted by Gasteiger charge is 2.10. The highest BCUT2D eigenvalue weighted by Crippen LogP contribution is 2.28. The zero-order chi connectivity index (χ0) is 20.9. The average molecular weight is 452 g/mol. The Labute approximate surface area is 190 Å². The number of hydrogen-bond acceptors (Lipinski definition) is 4. The zero-order valence-electron chi connectivity index (χ0n) is 16.6. The standard InChI is InChI=1S/C23H21N5OS.ClH/c24-23(25)27-18-8-4-5-15(11-18)14-26-21(29)13-22-28-19-10-9-17(12-20(19)30-22)16-6-2-1-3-7-16;/h1-12H,13-14H2,(H,26,29)(H4,24,25,27);1H. The van der Waals surface area contributed by atoms with Gasteiger partial charge in [0.15, 0.2) is 5.96 Å². The number of carbonyl (C=O) groups is 1. The fourth-order valence-electron chi connectivity index (χ4n) is 3.14. The van der Waals surface area contributed by atoms with E-state index in [9.17, 15) is 4.79 Å². The van der Waals surface area contributed by atoms with Gasteiger partial charge in [0.05, 0.1) is 22.3 Å². The number of benzene rings is 3. The van der Waals surface area contributed by atoms with Crippen molar-refractivity contribution in [1.29, 1.82) is 0 Å². The molecule has 0 spiro atoms. The highest BCUT2D eigenvalue weighted by atomic mass is 35.5. The van der Waals surface area contributed by atoms with Crippen LogP contribution in [-0.4, -0.2) is 16.9 Å². The predicted octanol–water partition coefficient (Wildman–Crippen LogP) is 4.15. The molecule has 4 rings (SSSR count). The highest BCUT2D eigenvalue weighted by molar-refractivity contribution is 7.18. The summed E-state index contributed by atoms with van der Waals surface area (Å²) in [6.45, 7) is 0.399. The summed E-state index contributed by atoms with van der Waals surface area (Å²) in [6, 6.07) is 23.8. The van der Waals surface area contributed by atoms with Crippen LogP contribution in [0.4, 0.5) is 5.69 Å². The molecule has 0 unspecified atom stereocenters. The summed E-state index contributed by atoms with van der Waals surface area (Å²) in [4.78, 5) is 21.0. The molecule has 3 aromatic carbocycles. The van der Waals surface area contributed by atoms with Gasteiger partial charge in [-0.2, -0.15) is 0 Å². The minimum atomic E-state index is -0.0791. The van der Waals surface area contributed by atoms with E-state index in [-0.39, 0.29) is 30.7 Å². The summed E-state index contributed by atoms with van der Waals surface area (Å²) in [7, 11) is 0. The maximum atomic E-state index is 12.4. The van der Waals surface area contributed by atoms with Crippen molar-refractivity contribution in [2.24, 2.45) is 16.5 Å². The average Bonchev–Trinajstić information content (AvgIpc) is 3.14. The van der Waals surface area contributed by atoms with E-state index in [0.717, 1.165) is 31.9 Å². The molecule has 1 heterocycles. The van der Waals surface area contributed by atoms with Gasteiger partial charge in [0.25, 0.3) is 0 Å². The summed E-state index contributed by atoms with van der Waals surface area (Å²) in [5.41, 5.74) is 15.6. The van der Waals surface area contributed by atoms with E-state index >= 15 is 0 Å². The van der Waals surface area contributed by atoms with Crippen molar-refractivity contribution < 1.29 is 4.79 Å². The van der Waals surface area contributed by atoms with Crippen molar-refractivity contribution in [3.05, 3.63) is 83.4 Å². The lowest BCUT2D eigenvalue weighted by atomic mass is 10.1. The number of rotatable bonds is 6. The number of aliphatic imine (C=N–C) groups is 1. The Bertz CT molecular complexity index is 1220. The topological polar surface area (TPSA) is 106 Å². The molecule has 158 valence electrons.